The number of guanidine groups is 1. The van der Waals surface area contributed by atoms with Gasteiger partial charge in [-0.3, -0.25) is 9.89 Å². The maximum Gasteiger partial charge on any atom is 0.401 e. The Balaban J connectivity index is 0. The zero-order valence-corrected chi connectivity index (χ0v) is 17.4. The predicted octanol–water partition coefficient (Wildman–Crippen LogP) is 2.72. The molecule has 0 aromatic heterocycles. The fourth-order valence-corrected chi connectivity index (χ4v) is 1.86. The standard InChI is InChI=1S/C15H31F3N4O.HI/c1-13(2)11-23-10-6-8-21-14(19-3)20-7-5-9-22(4)12-15(16,17)18;/h13H,5-12H2,1-4H3,(H2,19,20,21);1H. The van der Waals surface area contributed by atoms with Crippen LogP contribution in [0.4, 0.5) is 13.2 Å². The molecule has 0 heterocycles. The van der Waals surface area contributed by atoms with Crippen LogP contribution in [0.5, 0.6) is 0 Å². The number of nitrogens with zero attached hydrogens (tertiary/aromatic N) is 2. The van der Waals surface area contributed by atoms with Crippen molar-refractivity contribution in [3.63, 3.8) is 0 Å². The van der Waals surface area contributed by atoms with Crippen LogP contribution in [0.2, 0.25) is 0 Å². The highest BCUT2D eigenvalue weighted by Gasteiger charge is 2.28. The van der Waals surface area contributed by atoms with Gasteiger partial charge in [-0.1, -0.05) is 13.8 Å². The third-order valence-electron chi connectivity index (χ3n) is 2.89. The first-order valence-electron chi connectivity index (χ1n) is 8.02. The van der Waals surface area contributed by atoms with E-state index in [4.69, 9.17) is 4.74 Å². The summed E-state index contributed by atoms with van der Waals surface area (Å²) < 4.78 is 42.0. The number of hydrogen-bond donors (Lipinski definition) is 2. The third-order valence-corrected chi connectivity index (χ3v) is 2.89. The summed E-state index contributed by atoms with van der Waals surface area (Å²) in [6.45, 7) is 6.50. The summed E-state index contributed by atoms with van der Waals surface area (Å²) in [6.07, 6.45) is -2.65. The van der Waals surface area contributed by atoms with Crippen LogP contribution in [-0.4, -0.2) is 70.5 Å². The molecule has 0 aliphatic carbocycles. The van der Waals surface area contributed by atoms with Crippen LogP contribution in [0, 0.1) is 5.92 Å². The van der Waals surface area contributed by atoms with Crippen LogP contribution in [-0.2, 0) is 4.74 Å². The minimum absolute atomic E-state index is 0. The van der Waals surface area contributed by atoms with Crippen LogP contribution in [0.15, 0.2) is 4.99 Å². The second-order valence-electron chi connectivity index (χ2n) is 5.95. The summed E-state index contributed by atoms with van der Waals surface area (Å²) in [5.74, 6) is 1.19. The van der Waals surface area contributed by atoms with E-state index in [1.54, 1.807) is 7.05 Å². The molecule has 0 aliphatic heterocycles. The van der Waals surface area contributed by atoms with Crippen LogP contribution in [0.1, 0.15) is 26.7 Å². The lowest BCUT2D eigenvalue weighted by molar-refractivity contribution is -0.143. The van der Waals surface area contributed by atoms with Gasteiger partial charge in [-0.15, -0.1) is 24.0 Å². The van der Waals surface area contributed by atoms with Gasteiger partial charge in [0, 0.05) is 33.4 Å². The molecule has 0 spiro atoms. The van der Waals surface area contributed by atoms with E-state index < -0.39 is 12.7 Å². The van der Waals surface area contributed by atoms with Gasteiger partial charge in [0.2, 0.25) is 0 Å². The fourth-order valence-electron chi connectivity index (χ4n) is 1.86. The second-order valence-corrected chi connectivity index (χ2v) is 5.95. The summed E-state index contributed by atoms with van der Waals surface area (Å²) in [4.78, 5) is 5.34. The maximum absolute atomic E-state index is 12.2. The first kappa shape index (κ1) is 25.9. The normalized spacial score (nSPS) is 12.5. The fraction of sp³-hybridized carbons (Fsp3) is 0.933. The molecule has 0 aromatic rings. The molecule has 0 atom stereocenters. The van der Waals surface area contributed by atoms with Crippen LogP contribution in [0.3, 0.4) is 0 Å². The van der Waals surface area contributed by atoms with Crippen molar-refractivity contribution < 1.29 is 17.9 Å². The Labute approximate surface area is 160 Å². The molecule has 0 aromatic carbocycles. The van der Waals surface area contributed by atoms with E-state index in [9.17, 15) is 13.2 Å². The molecule has 0 amide bonds. The Morgan fingerprint density at radius 2 is 1.75 bits per heavy atom. The van der Waals surface area contributed by atoms with Gasteiger partial charge in [-0.25, -0.2) is 0 Å². The number of halogens is 4. The summed E-state index contributed by atoms with van der Waals surface area (Å²) in [5.41, 5.74) is 0. The van der Waals surface area contributed by atoms with Crippen molar-refractivity contribution in [1.29, 1.82) is 0 Å². The van der Waals surface area contributed by atoms with Gasteiger partial charge in [0.05, 0.1) is 6.54 Å². The first-order chi connectivity index (χ1) is 10.7. The van der Waals surface area contributed by atoms with Crippen molar-refractivity contribution in [2.24, 2.45) is 10.9 Å². The molecule has 0 fully saturated rings. The molecule has 0 saturated heterocycles. The van der Waals surface area contributed by atoms with Gasteiger partial charge >= 0.3 is 6.18 Å². The van der Waals surface area contributed by atoms with Gasteiger partial charge in [0.15, 0.2) is 5.96 Å². The van der Waals surface area contributed by atoms with Gasteiger partial charge < -0.3 is 15.4 Å². The number of rotatable bonds is 11. The van der Waals surface area contributed by atoms with Gasteiger partial charge in [-0.05, 0) is 32.4 Å². The van der Waals surface area contributed by atoms with Crippen molar-refractivity contribution in [2.45, 2.75) is 32.9 Å². The molecule has 0 radical (unpaired) electrons. The van der Waals surface area contributed by atoms with Crippen molar-refractivity contribution in [3.05, 3.63) is 0 Å². The molecule has 2 N–H and O–H groups in total. The predicted molar refractivity (Wildman–Crippen MR) is 103 cm³/mol. The minimum Gasteiger partial charge on any atom is -0.381 e. The average Bonchev–Trinajstić information content (AvgIpc) is 2.42. The smallest absolute Gasteiger partial charge is 0.381 e. The minimum atomic E-state index is -4.14. The molecule has 0 aliphatic rings. The first-order valence-corrected chi connectivity index (χ1v) is 8.02. The van der Waals surface area contributed by atoms with E-state index >= 15 is 0 Å². The zero-order chi connectivity index (χ0) is 17.7. The maximum atomic E-state index is 12.2. The molecule has 146 valence electrons. The number of alkyl halides is 3. The van der Waals surface area contributed by atoms with Crippen molar-refractivity contribution in [3.8, 4) is 0 Å². The summed E-state index contributed by atoms with van der Waals surface area (Å²) in [7, 11) is 3.14. The molecule has 24 heavy (non-hydrogen) atoms. The van der Waals surface area contributed by atoms with E-state index in [1.807, 2.05) is 0 Å². The Hall–Kier alpha value is -0.290. The topological polar surface area (TPSA) is 48.9 Å². The van der Waals surface area contributed by atoms with Gasteiger partial charge in [-0.2, -0.15) is 13.2 Å². The number of aliphatic imine (C=N–C) groups is 1. The lowest BCUT2D eigenvalue weighted by Gasteiger charge is -2.19. The van der Waals surface area contributed by atoms with E-state index in [0.29, 0.717) is 38.0 Å². The third kappa shape index (κ3) is 18.1. The lowest BCUT2D eigenvalue weighted by atomic mass is 10.2. The van der Waals surface area contributed by atoms with Gasteiger partial charge in [0.25, 0.3) is 0 Å². The number of hydrogen-bond acceptors (Lipinski definition) is 3. The molecule has 0 rings (SSSR count). The molecule has 0 unspecified atom stereocenters. The molecule has 0 saturated carbocycles. The van der Waals surface area contributed by atoms with E-state index in [2.05, 4.69) is 29.5 Å². The summed E-state index contributed by atoms with van der Waals surface area (Å²) in [6, 6.07) is 0. The van der Waals surface area contributed by atoms with E-state index in [-0.39, 0.29) is 24.0 Å². The lowest BCUT2D eigenvalue weighted by Crippen LogP contribution is -2.39. The monoisotopic (exact) mass is 468 g/mol. The van der Waals surface area contributed by atoms with Crippen LogP contribution < -0.4 is 10.6 Å². The summed E-state index contributed by atoms with van der Waals surface area (Å²) >= 11 is 0. The highest BCUT2D eigenvalue weighted by atomic mass is 127. The van der Waals surface area contributed by atoms with Crippen molar-refractivity contribution in [2.75, 3.05) is 53.5 Å². The second kappa shape index (κ2) is 15.0. The number of ether oxygens (including phenoxy) is 1. The highest BCUT2D eigenvalue weighted by molar-refractivity contribution is 14.0. The summed E-state index contributed by atoms with van der Waals surface area (Å²) in [5, 5.41) is 6.24. The van der Waals surface area contributed by atoms with Crippen LogP contribution >= 0.6 is 24.0 Å². The molecule has 5 nitrogen and oxygen atoms in total. The SMILES string of the molecule is CN=C(NCCCOCC(C)C)NCCCN(C)CC(F)(F)F.I. The van der Waals surface area contributed by atoms with Gasteiger partial charge in [0.1, 0.15) is 0 Å². The van der Waals surface area contributed by atoms with Crippen molar-refractivity contribution in [1.82, 2.24) is 15.5 Å². The van der Waals surface area contributed by atoms with E-state index in [0.717, 1.165) is 19.6 Å². The van der Waals surface area contributed by atoms with Crippen molar-refractivity contribution >= 4 is 29.9 Å². The molecule has 0 bridgehead atoms. The Morgan fingerprint density at radius 3 is 2.25 bits per heavy atom. The largest absolute Gasteiger partial charge is 0.401 e. The Bertz CT molecular complexity index is 328. The van der Waals surface area contributed by atoms with E-state index in [1.165, 1.54) is 11.9 Å². The molecule has 9 heteroatoms. The highest BCUT2D eigenvalue weighted by Crippen LogP contribution is 2.15. The quantitative estimate of drug-likeness (QED) is 0.212. The Kier molecular flexibility index (Phi) is 16.2. The Morgan fingerprint density at radius 1 is 1.17 bits per heavy atom. The molecular weight excluding hydrogens is 436 g/mol. The average molecular weight is 468 g/mol. The van der Waals surface area contributed by atoms with Crippen LogP contribution in [0.25, 0.3) is 0 Å². The number of nitrogens with one attached hydrogen (secondary N) is 2. The molecular formula is C15H32F3IN4O. The zero-order valence-electron chi connectivity index (χ0n) is 15.1.